The summed E-state index contributed by atoms with van der Waals surface area (Å²) in [5.74, 6) is -0.0701. The molecule has 2 nitrogen and oxygen atoms in total. The first kappa shape index (κ1) is 15.0. The summed E-state index contributed by atoms with van der Waals surface area (Å²) in [7, 11) is 0. The summed E-state index contributed by atoms with van der Waals surface area (Å²) < 4.78 is 19.5. The fourth-order valence-electron chi connectivity index (χ4n) is 1.70. The zero-order valence-electron chi connectivity index (χ0n) is 10.6. The van der Waals surface area contributed by atoms with Crippen LogP contribution in [0, 0.1) is 5.82 Å². The fraction of sp³-hybridized carbons (Fsp3) is 0.133. The molecule has 0 aliphatic carbocycles. The van der Waals surface area contributed by atoms with Gasteiger partial charge >= 0.3 is 0 Å². The summed E-state index contributed by atoms with van der Waals surface area (Å²) in [5.41, 5.74) is 1.23. The smallest absolute Gasteiger partial charge is 0.163 e. The minimum absolute atomic E-state index is 0.0483. The summed E-state index contributed by atoms with van der Waals surface area (Å²) in [6, 6.07) is 9.57. The van der Waals surface area contributed by atoms with Crippen molar-refractivity contribution in [2.75, 3.05) is 0 Å². The van der Waals surface area contributed by atoms with Crippen LogP contribution < -0.4 is 4.74 Å². The highest BCUT2D eigenvalue weighted by atomic mass is 79.9. The third-order valence-electron chi connectivity index (χ3n) is 2.70. The maximum absolute atomic E-state index is 13.1. The van der Waals surface area contributed by atoms with Crippen molar-refractivity contribution in [3.63, 3.8) is 0 Å². The van der Waals surface area contributed by atoms with Crippen LogP contribution in [0.5, 0.6) is 5.75 Å². The van der Waals surface area contributed by atoms with Gasteiger partial charge in [-0.25, -0.2) is 4.39 Å². The Morgan fingerprint density at radius 2 is 2.05 bits per heavy atom. The van der Waals surface area contributed by atoms with Gasteiger partial charge < -0.3 is 4.74 Å². The zero-order valence-corrected chi connectivity index (χ0v) is 13.0. The second-order valence-corrected chi connectivity index (χ2v) is 5.56. The summed E-state index contributed by atoms with van der Waals surface area (Å²) in [5, 5.41) is 0.0483. The minimum Gasteiger partial charge on any atom is -0.488 e. The first-order valence-electron chi connectivity index (χ1n) is 5.84. The lowest BCUT2D eigenvalue weighted by Gasteiger charge is -2.10. The maximum atomic E-state index is 13.1. The molecule has 0 radical (unpaired) electrons. The molecule has 104 valence electrons. The highest BCUT2D eigenvalue weighted by molar-refractivity contribution is 9.10. The van der Waals surface area contributed by atoms with Crippen molar-refractivity contribution in [2.24, 2.45) is 0 Å². The lowest BCUT2D eigenvalue weighted by molar-refractivity contribution is 0.101. The molecule has 0 aliphatic heterocycles. The van der Waals surface area contributed by atoms with E-state index in [0.717, 1.165) is 10.0 Å². The molecule has 0 saturated heterocycles. The van der Waals surface area contributed by atoms with Crippen LogP contribution in [0.3, 0.4) is 0 Å². The van der Waals surface area contributed by atoms with Crippen molar-refractivity contribution < 1.29 is 13.9 Å². The highest BCUT2D eigenvalue weighted by Crippen LogP contribution is 2.25. The van der Waals surface area contributed by atoms with Gasteiger partial charge in [0.15, 0.2) is 5.78 Å². The van der Waals surface area contributed by atoms with Gasteiger partial charge in [0.2, 0.25) is 0 Å². The van der Waals surface area contributed by atoms with E-state index >= 15 is 0 Å². The number of hydrogen-bond donors (Lipinski definition) is 0. The molecule has 0 spiro atoms. The second-order valence-electron chi connectivity index (χ2n) is 4.23. The monoisotopic (exact) mass is 356 g/mol. The Labute approximate surface area is 129 Å². The van der Waals surface area contributed by atoms with Crippen LogP contribution in [0.1, 0.15) is 22.8 Å². The number of hydrogen-bond acceptors (Lipinski definition) is 2. The van der Waals surface area contributed by atoms with Crippen LogP contribution in [0.4, 0.5) is 4.39 Å². The average Bonchev–Trinajstić information content (AvgIpc) is 2.40. The van der Waals surface area contributed by atoms with Crippen LogP contribution in [0.15, 0.2) is 40.9 Å². The fourth-order valence-corrected chi connectivity index (χ4v) is 2.24. The van der Waals surface area contributed by atoms with Crippen molar-refractivity contribution in [3.8, 4) is 5.75 Å². The normalized spacial score (nSPS) is 10.4. The molecule has 2 aromatic carbocycles. The predicted octanol–water partition coefficient (Wildman–Crippen LogP) is 5.02. The number of benzene rings is 2. The van der Waals surface area contributed by atoms with Gasteiger partial charge in [-0.15, -0.1) is 0 Å². The molecule has 0 saturated carbocycles. The highest BCUT2D eigenvalue weighted by Gasteiger charge is 2.10. The van der Waals surface area contributed by atoms with Gasteiger partial charge in [0.1, 0.15) is 18.2 Å². The SMILES string of the molecule is CC(=O)c1ccc(Br)cc1OCc1ccc(F)c(Cl)c1. The molecule has 0 N–H and O–H groups in total. The van der Waals surface area contributed by atoms with Crippen LogP contribution >= 0.6 is 27.5 Å². The summed E-state index contributed by atoms with van der Waals surface area (Å²) >= 11 is 9.04. The molecule has 0 heterocycles. The number of halogens is 3. The molecule has 0 bridgehead atoms. The molecule has 0 fully saturated rings. The minimum atomic E-state index is -0.470. The third-order valence-corrected chi connectivity index (χ3v) is 3.48. The van der Waals surface area contributed by atoms with Crippen LogP contribution in [-0.2, 0) is 6.61 Å². The number of carbonyl (C=O) groups excluding carboxylic acids is 1. The van der Waals surface area contributed by atoms with Crippen molar-refractivity contribution in [1.82, 2.24) is 0 Å². The van der Waals surface area contributed by atoms with Gasteiger partial charge in [-0.1, -0.05) is 33.6 Å². The maximum Gasteiger partial charge on any atom is 0.163 e. The van der Waals surface area contributed by atoms with Gasteiger partial charge in [0.05, 0.1) is 10.6 Å². The molecular weight excluding hydrogens is 347 g/mol. The van der Waals surface area contributed by atoms with Gasteiger partial charge in [-0.2, -0.15) is 0 Å². The topological polar surface area (TPSA) is 26.3 Å². The largest absolute Gasteiger partial charge is 0.488 e. The Morgan fingerprint density at radius 3 is 2.70 bits per heavy atom. The van der Waals surface area contributed by atoms with Crippen molar-refractivity contribution in [2.45, 2.75) is 13.5 Å². The van der Waals surface area contributed by atoms with E-state index in [0.29, 0.717) is 11.3 Å². The van der Waals surface area contributed by atoms with E-state index < -0.39 is 5.82 Å². The standard InChI is InChI=1S/C15H11BrClFO2/c1-9(19)12-4-3-11(16)7-15(12)20-8-10-2-5-14(18)13(17)6-10/h2-7H,8H2,1H3. The Hall–Kier alpha value is -1.39. The lowest BCUT2D eigenvalue weighted by Crippen LogP contribution is -2.02. The molecule has 0 aliphatic rings. The quantitative estimate of drug-likeness (QED) is 0.718. The molecule has 0 unspecified atom stereocenters. The first-order chi connectivity index (χ1) is 9.47. The zero-order chi connectivity index (χ0) is 14.7. The third kappa shape index (κ3) is 3.58. The van der Waals surface area contributed by atoms with E-state index in [2.05, 4.69) is 15.9 Å². The van der Waals surface area contributed by atoms with E-state index in [4.69, 9.17) is 16.3 Å². The Morgan fingerprint density at radius 1 is 1.30 bits per heavy atom. The van der Waals surface area contributed by atoms with Crippen LogP contribution in [0.25, 0.3) is 0 Å². The molecule has 2 rings (SSSR count). The van der Waals surface area contributed by atoms with Gasteiger partial charge in [0.25, 0.3) is 0 Å². The van der Waals surface area contributed by atoms with E-state index in [-0.39, 0.29) is 17.4 Å². The number of ketones is 1. The number of ether oxygens (including phenoxy) is 1. The molecular formula is C15H11BrClFO2. The van der Waals surface area contributed by atoms with Gasteiger partial charge in [-0.05, 0) is 42.8 Å². The number of carbonyl (C=O) groups is 1. The van der Waals surface area contributed by atoms with Crippen molar-refractivity contribution in [3.05, 3.63) is 62.8 Å². The van der Waals surface area contributed by atoms with E-state index in [1.807, 2.05) is 0 Å². The molecule has 20 heavy (non-hydrogen) atoms. The van der Waals surface area contributed by atoms with Crippen LogP contribution in [-0.4, -0.2) is 5.78 Å². The average molecular weight is 358 g/mol. The Balaban J connectivity index is 2.20. The second kappa shape index (κ2) is 6.37. The van der Waals surface area contributed by atoms with Crippen LogP contribution in [0.2, 0.25) is 5.02 Å². The molecule has 0 aromatic heterocycles. The summed E-state index contributed by atoms with van der Waals surface area (Å²) in [6.45, 7) is 1.68. The van der Waals surface area contributed by atoms with Gasteiger partial charge in [-0.3, -0.25) is 4.79 Å². The number of rotatable bonds is 4. The van der Waals surface area contributed by atoms with E-state index in [1.165, 1.54) is 19.1 Å². The predicted molar refractivity (Wildman–Crippen MR) is 79.9 cm³/mol. The van der Waals surface area contributed by atoms with E-state index in [9.17, 15) is 9.18 Å². The summed E-state index contributed by atoms with van der Waals surface area (Å²) in [4.78, 5) is 11.5. The van der Waals surface area contributed by atoms with E-state index in [1.54, 1.807) is 24.3 Å². The molecule has 2 aromatic rings. The van der Waals surface area contributed by atoms with Gasteiger partial charge in [0, 0.05) is 4.47 Å². The molecule has 5 heteroatoms. The Bertz CT molecular complexity index is 658. The van der Waals surface area contributed by atoms with Crippen molar-refractivity contribution in [1.29, 1.82) is 0 Å². The molecule has 0 amide bonds. The lowest BCUT2D eigenvalue weighted by atomic mass is 10.1. The first-order valence-corrected chi connectivity index (χ1v) is 7.01. The van der Waals surface area contributed by atoms with Crippen molar-refractivity contribution >= 4 is 33.3 Å². The molecule has 0 atom stereocenters. The summed E-state index contributed by atoms with van der Waals surface area (Å²) in [6.07, 6.45) is 0. The number of Topliss-reactive ketones (excluding diaryl/α,β-unsaturated/α-hetero) is 1. The Kier molecular flexibility index (Phi) is 4.78.